The SMILES string of the molecule is CC(N(C)CC(=O)Nc1sccc1C(N)=O)C(C)(C)C. The van der Waals surface area contributed by atoms with Crippen LogP contribution in [0.4, 0.5) is 5.00 Å². The van der Waals surface area contributed by atoms with Gasteiger partial charge in [0, 0.05) is 6.04 Å². The van der Waals surface area contributed by atoms with Crippen molar-refractivity contribution in [1.29, 1.82) is 0 Å². The lowest BCUT2D eigenvalue weighted by Gasteiger charge is -2.34. The van der Waals surface area contributed by atoms with E-state index >= 15 is 0 Å². The van der Waals surface area contributed by atoms with E-state index in [1.54, 1.807) is 11.4 Å². The number of hydrogen-bond acceptors (Lipinski definition) is 4. The smallest absolute Gasteiger partial charge is 0.251 e. The van der Waals surface area contributed by atoms with Crippen molar-refractivity contribution < 1.29 is 9.59 Å². The molecule has 20 heavy (non-hydrogen) atoms. The average molecular weight is 297 g/mol. The van der Waals surface area contributed by atoms with E-state index in [1.807, 2.05) is 11.9 Å². The van der Waals surface area contributed by atoms with Gasteiger partial charge in [-0.3, -0.25) is 14.5 Å². The first kappa shape index (κ1) is 16.7. The Balaban J connectivity index is 2.64. The van der Waals surface area contributed by atoms with Crippen LogP contribution in [0.25, 0.3) is 0 Å². The molecule has 0 bridgehead atoms. The first-order valence-corrected chi connectivity index (χ1v) is 7.38. The van der Waals surface area contributed by atoms with Gasteiger partial charge in [0.05, 0.1) is 12.1 Å². The number of hydrogen-bond donors (Lipinski definition) is 2. The van der Waals surface area contributed by atoms with Crippen LogP contribution in [0, 0.1) is 5.41 Å². The van der Waals surface area contributed by atoms with Gasteiger partial charge < -0.3 is 11.1 Å². The molecule has 1 atom stereocenters. The molecule has 0 fully saturated rings. The molecule has 1 rings (SSSR count). The summed E-state index contributed by atoms with van der Waals surface area (Å²) in [6, 6.07) is 1.87. The van der Waals surface area contributed by atoms with Crippen molar-refractivity contribution in [2.75, 3.05) is 18.9 Å². The van der Waals surface area contributed by atoms with Crippen molar-refractivity contribution in [1.82, 2.24) is 4.90 Å². The Hall–Kier alpha value is -1.40. The zero-order valence-corrected chi connectivity index (χ0v) is 13.5. The molecular weight excluding hydrogens is 274 g/mol. The molecule has 6 heteroatoms. The number of thiophene rings is 1. The third kappa shape index (κ3) is 4.31. The molecule has 0 saturated heterocycles. The lowest BCUT2D eigenvalue weighted by molar-refractivity contribution is -0.117. The largest absolute Gasteiger partial charge is 0.366 e. The summed E-state index contributed by atoms with van der Waals surface area (Å²) in [5, 5.41) is 4.99. The number of anilines is 1. The molecule has 1 aromatic rings. The second-order valence-corrected chi connectivity index (χ2v) is 6.95. The van der Waals surface area contributed by atoms with Crippen LogP contribution in [0.2, 0.25) is 0 Å². The van der Waals surface area contributed by atoms with Gasteiger partial charge in [-0.15, -0.1) is 11.3 Å². The Morgan fingerprint density at radius 2 is 2.05 bits per heavy atom. The molecule has 1 unspecified atom stereocenters. The van der Waals surface area contributed by atoms with E-state index in [-0.39, 0.29) is 23.9 Å². The number of nitrogens with one attached hydrogen (secondary N) is 1. The Morgan fingerprint density at radius 1 is 1.45 bits per heavy atom. The van der Waals surface area contributed by atoms with Crippen molar-refractivity contribution in [3.63, 3.8) is 0 Å². The van der Waals surface area contributed by atoms with Crippen LogP contribution in [0.5, 0.6) is 0 Å². The van der Waals surface area contributed by atoms with Gasteiger partial charge >= 0.3 is 0 Å². The van der Waals surface area contributed by atoms with Crippen molar-refractivity contribution in [3.05, 3.63) is 17.0 Å². The van der Waals surface area contributed by atoms with Crippen LogP contribution in [0.15, 0.2) is 11.4 Å². The molecule has 112 valence electrons. The van der Waals surface area contributed by atoms with Crippen LogP contribution in [0.3, 0.4) is 0 Å². The summed E-state index contributed by atoms with van der Waals surface area (Å²) in [6.07, 6.45) is 0. The fraction of sp³-hybridized carbons (Fsp3) is 0.571. The van der Waals surface area contributed by atoms with Crippen molar-refractivity contribution >= 4 is 28.2 Å². The van der Waals surface area contributed by atoms with E-state index in [0.29, 0.717) is 10.6 Å². The second kappa shape index (κ2) is 6.37. The Labute approximate surface area is 124 Å². The normalized spacial score (nSPS) is 13.3. The maximum Gasteiger partial charge on any atom is 0.251 e. The molecule has 2 amide bonds. The zero-order chi connectivity index (χ0) is 15.5. The van der Waals surface area contributed by atoms with Crippen LogP contribution < -0.4 is 11.1 Å². The van der Waals surface area contributed by atoms with Crippen molar-refractivity contribution in [3.8, 4) is 0 Å². The lowest BCUT2D eigenvalue weighted by Crippen LogP contribution is -2.43. The minimum absolute atomic E-state index is 0.0936. The summed E-state index contributed by atoms with van der Waals surface area (Å²) in [4.78, 5) is 25.2. The molecule has 0 spiro atoms. The van der Waals surface area contributed by atoms with Crippen molar-refractivity contribution in [2.24, 2.45) is 11.1 Å². The molecule has 0 aliphatic heterocycles. The summed E-state index contributed by atoms with van der Waals surface area (Å²) in [6.45, 7) is 8.77. The van der Waals surface area contributed by atoms with Crippen LogP contribution in [-0.4, -0.2) is 36.3 Å². The molecule has 0 radical (unpaired) electrons. The number of carbonyl (C=O) groups is 2. The van der Waals surface area contributed by atoms with Gasteiger partial charge in [-0.2, -0.15) is 0 Å². The topological polar surface area (TPSA) is 75.4 Å². The first-order valence-electron chi connectivity index (χ1n) is 6.50. The Bertz CT molecular complexity index is 491. The number of rotatable bonds is 5. The molecule has 0 saturated carbocycles. The zero-order valence-electron chi connectivity index (χ0n) is 12.7. The summed E-state index contributed by atoms with van der Waals surface area (Å²) >= 11 is 1.30. The summed E-state index contributed by atoms with van der Waals surface area (Å²) in [5.74, 6) is -0.675. The predicted molar refractivity (Wildman–Crippen MR) is 83.0 cm³/mol. The number of likely N-dealkylation sites (N-methyl/N-ethyl adjacent to an activating group) is 1. The fourth-order valence-corrected chi connectivity index (χ4v) is 2.60. The summed E-state index contributed by atoms with van der Waals surface area (Å²) in [7, 11) is 1.92. The molecule has 0 aromatic carbocycles. The molecular formula is C14H23N3O2S. The first-order chi connectivity index (χ1) is 9.12. The number of primary amides is 1. The van der Waals surface area contributed by atoms with E-state index in [9.17, 15) is 9.59 Å². The van der Waals surface area contributed by atoms with Gasteiger partial charge in [-0.25, -0.2) is 0 Å². The number of nitrogens with zero attached hydrogens (tertiary/aromatic N) is 1. The maximum atomic E-state index is 12.0. The van der Waals surface area contributed by atoms with E-state index in [0.717, 1.165) is 0 Å². The Morgan fingerprint density at radius 3 is 2.55 bits per heavy atom. The maximum absolute atomic E-state index is 12.0. The van der Waals surface area contributed by atoms with E-state index in [4.69, 9.17) is 5.73 Å². The van der Waals surface area contributed by atoms with Crippen LogP contribution in [-0.2, 0) is 4.79 Å². The number of carbonyl (C=O) groups excluding carboxylic acids is 2. The van der Waals surface area contributed by atoms with Crippen LogP contribution in [0.1, 0.15) is 38.1 Å². The molecule has 3 N–H and O–H groups in total. The number of amides is 2. The quantitative estimate of drug-likeness (QED) is 0.874. The molecule has 1 aromatic heterocycles. The highest BCUT2D eigenvalue weighted by molar-refractivity contribution is 7.14. The highest BCUT2D eigenvalue weighted by atomic mass is 32.1. The van der Waals surface area contributed by atoms with E-state index < -0.39 is 5.91 Å². The molecule has 0 aliphatic rings. The minimum Gasteiger partial charge on any atom is -0.366 e. The van der Waals surface area contributed by atoms with Gasteiger partial charge in [0.25, 0.3) is 5.91 Å². The third-order valence-corrected chi connectivity index (χ3v) is 4.32. The van der Waals surface area contributed by atoms with Crippen LogP contribution >= 0.6 is 11.3 Å². The fourth-order valence-electron chi connectivity index (χ4n) is 1.79. The summed E-state index contributed by atoms with van der Waals surface area (Å²) in [5.41, 5.74) is 5.70. The Kier molecular flexibility index (Phi) is 5.30. The monoisotopic (exact) mass is 297 g/mol. The highest BCUT2D eigenvalue weighted by Gasteiger charge is 2.25. The van der Waals surface area contributed by atoms with E-state index in [2.05, 4.69) is 33.0 Å². The molecule has 1 heterocycles. The molecule has 0 aliphatic carbocycles. The van der Waals surface area contributed by atoms with Gasteiger partial charge in [-0.1, -0.05) is 20.8 Å². The highest BCUT2D eigenvalue weighted by Crippen LogP contribution is 2.24. The minimum atomic E-state index is -0.530. The number of nitrogens with two attached hydrogens (primary N) is 1. The predicted octanol–water partition coefficient (Wildman–Crippen LogP) is 2.15. The van der Waals surface area contributed by atoms with Gasteiger partial charge in [0.2, 0.25) is 5.91 Å². The summed E-state index contributed by atoms with van der Waals surface area (Å²) < 4.78 is 0. The molecule has 5 nitrogen and oxygen atoms in total. The van der Waals surface area contributed by atoms with Gasteiger partial charge in [0.15, 0.2) is 0 Å². The second-order valence-electron chi connectivity index (χ2n) is 6.03. The third-order valence-electron chi connectivity index (χ3n) is 3.49. The lowest BCUT2D eigenvalue weighted by atomic mass is 9.87. The average Bonchev–Trinajstić information content (AvgIpc) is 2.74. The van der Waals surface area contributed by atoms with Crippen molar-refractivity contribution in [2.45, 2.75) is 33.7 Å². The standard InChI is InChI=1S/C14H23N3O2S/c1-9(14(2,3)4)17(5)8-11(18)16-13-10(12(15)19)6-7-20-13/h6-7,9H,8H2,1-5H3,(H2,15,19)(H,16,18). The van der Waals surface area contributed by atoms with Gasteiger partial charge in [-0.05, 0) is 30.8 Å². The van der Waals surface area contributed by atoms with Gasteiger partial charge in [0.1, 0.15) is 5.00 Å². The van der Waals surface area contributed by atoms with E-state index in [1.165, 1.54) is 11.3 Å².